The Morgan fingerprint density at radius 3 is 1.29 bits per heavy atom. The zero-order valence-corrected chi connectivity index (χ0v) is 11.0. The van der Waals surface area contributed by atoms with Crippen LogP contribution in [0.2, 0.25) is 0 Å². The summed E-state index contributed by atoms with van der Waals surface area (Å²) in [6.07, 6.45) is 10.6. The lowest BCUT2D eigenvalue weighted by Crippen LogP contribution is -2.43. The van der Waals surface area contributed by atoms with Gasteiger partial charge in [-0.2, -0.15) is 0 Å². The standard InChI is InChI=1S/C14H29N3/c15-9-11-1-5-13(6-2-11)17-14-7-3-12(10-16)4-8-14/h11-14,17H,1-10,15-16H2. The third-order valence-corrected chi connectivity index (χ3v) is 4.83. The average molecular weight is 239 g/mol. The molecule has 0 radical (unpaired) electrons. The maximum Gasteiger partial charge on any atom is 0.00698 e. The van der Waals surface area contributed by atoms with Gasteiger partial charge in [0, 0.05) is 12.1 Å². The van der Waals surface area contributed by atoms with E-state index in [0.29, 0.717) is 0 Å². The van der Waals surface area contributed by atoms with Gasteiger partial charge in [0.1, 0.15) is 0 Å². The lowest BCUT2D eigenvalue weighted by Gasteiger charge is -2.35. The first-order valence-electron chi connectivity index (χ1n) is 7.48. The largest absolute Gasteiger partial charge is 0.330 e. The molecule has 2 rings (SSSR count). The fraction of sp³-hybridized carbons (Fsp3) is 1.00. The van der Waals surface area contributed by atoms with E-state index in [1.165, 1.54) is 51.4 Å². The highest BCUT2D eigenvalue weighted by Crippen LogP contribution is 2.27. The summed E-state index contributed by atoms with van der Waals surface area (Å²) in [5.41, 5.74) is 11.5. The van der Waals surface area contributed by atoms with E-state index in [4.69, 9.17) is 11.5 Å². The summed E-state index contributed by atoms with van der Waals surface area (Å²) >= 11 is 0. The lowest BCUT2D eigenvalue weighted by atomic mass is 9.83. The minimum Gasteiger partial charge on any atom is -0.330 e. The molecule has 2 fully saturated rings. The fourth-order valence-electron chi connectivity index (χ4n) is 3.46. The molecule has 5 N–H and O–H groups in total. The molecule has 3 nitrogen and oxygen atoms in total. The van der Waals surface area contributed by atoms with Crippen LogP contribution in [0.4, 0.5) is 0 Å². The number of nitrogens with one attached hydrogen (secondary N) is 1. The Balaban J connectivity index is 1.65. The maximum atomic E-state index is 5.73. The Morgan fingerprint density at radius 2 is 1.00 bits per heavy atom. The monoisotopic (exact) mass is 239 g/mol. The molecule has 0 spiro atoms. The first-order valence-corrected chi connectivity index (χ1v) is 7.48. The van der Waals surface area contributed by atoms with Gasteiger partial charge in [0.15, 0.2) is 0 Å². The first-order chi connectivity index (χ1) is 8.31. The Hall–Kier alpha value is -0.120. The molecule has 2 aliphatic rings. The van der Waals surface area contributed by atoms with Gasteiger partial charge in [-0.1, -0.05) is 0 Å². The molecule has 3 heteroatoms. The van der Waals surface area contributed by atoms with Crippen LogP contribution in [0.1, 0.15) is 51.4 Å². The van der Waals surface area contributed by atoms with Crippen LogP contribution in [0, 0.1) is 11.8 Å². The fourth-order valence-corrected chi connectivity index (χ4v) is 3.46. The van der Waals surface area contributed by atoms with Crippen molar-refractivity contribution >= 4 is 0 Å². The Morgan fingerprint density at radius 1 is 0.647 bits per heavy atom. The first kappa shape index (κ1) is 13.3. The zero-order valence-electron chi connectivity index (χ0n) is 11.0. The van der Waals surface area contributed by atoms with Crippen LogP contribution < -0.4 is 16.8 Å². The van der Waals surface area contributed by atoms with E-state index >= 15 is 0 Å². The summed E-state index contributed by atoms with van der Waals surface area (Å²) in [6, 6.07) is 1.52. The van der Waals surface area contributed by atoms with E-state index in [1.54, 1.807) is 0 Å². The van der Waals surface area contributed by atoms with Gasteiger partial charge in [0.05, 0.1) is 0 Å². The van der Waals surface area contributed by atoms with Gasteiger partial charge in [0.25, 0.3) is 0 Å². The van der Waals surface area contributed by atoms with Crippen LogP contribution in [-0.2, 0) is 0 Å². The van der Waals surface area contributed by atoms with E-state index < -0.39 is 0 Å². The highest BCUT2D eigenvalue weighted by molar-refractivity contribution is 4.84. The smallest absolute Gasteiger partial charge is 0.00698 e. The van der Waals surface area contributed by atoms with Crippen LogP contribution in [-0.4, -0.2) is 25.2 Å². The van der Waals surface area contributed by atoms with Gasteiger partial charge < -0.3 is 16.8 Å². The van der Waals surface area contributed by atoms with Crippen molar-refractivity contribution in [2.45, 2.75) is 63.5 Å². The summed E-state index contributed by atoms with van der Waals surface area (Å²) < 4.78 is 0. The molecule has 2 saturated carbocycles. The summed E-state index contributed by atoms with van der Waals surface area (Å²) in [6.45, 7) is 1.77. The lowest BCUT2D eigenvalue weighted by molar-refractivity contribution is 0.233. The SMILES string of the molecule is NCC1CCC(NC2CCC(CN)CC2)CC1. The molecule has 17 heavy (non-hydrogen) atoms. The van der Waals surface area contributed by atoms with Gasteiger partial charge in [-0.3, -0.25) is 0 Å². The molecule has 0 aliphatic heterocycles. The van der Waals surface area contributed by atoms with Crippen molar-refractivity contribution in [3.8, 4) is 0 Å². The third kappa shape index (κ3) is 3.94. The normalized spacial score (nSPS) is 39.2. The second kappa shape index (κ2) is 6.72. The summed E-state index contributed by atoms with van der Waals surface area (Å²) in [5, 5.41) is 3.87. The second-order valence-corrected chi connectivity index (χ2v) is 6.07. The number of hydrogen-bond acceptors (Lipinski definition) is 3. The van der Waals surface area contributed by atoms with Crippen LogP contribution in [0.3, 0.4) is 0 Å². The van der Waals surface area contributed by atoms with Gasteiger partial charge in [-0.05, 0) is 76.3 Å². The molecule has 0 aromatic heterocycles. The topological polar surface area (TPSA) is 64.1 Å². The highest BCUT2D eigenvalue weighted by Gasteiger charge is 2.25. The van der Waals surface area contributed by atoms with E-state index in [-0.39, 0.29) is 0 Å². The highest BCUT2D eigenvalue weighted by atomic mass is 15.0. The molecular weight excluding hydrogens is 210 g/mol. The number of hydrogen-bond donors (Lipinski definition) is 3. The molecule has 0 bridgehead atoms. The van der Waals surface area contributed by atoms with Crippen molar-refractivity contribution < 1.29 is 0 Å². The minimum atomic E-state index is 0.761. The minimum absolute atomic E-state index is 0.761. The van der Waals surface area contributed by atoms with Crippen molar-refractivity contribution in [2.24, 2.45) is 23.3 Å². The number of rotatable bonds is 4. The van der Waals surface area contributed by atoms with Crippen molar-refractivity contribution in [1.82, 2.24) is 5.32 Å². The molecule has 100 valence electrons. The molecule has 0 heterocycles. The predicted octanol–water partition coefficient (Wildman–Crippen LogP) is 1.61. The number of nitrogens with two attached hydrogens (primary N) is 2. The molecule has 0 aromatic carbocycles. The summed E-state index contributed by atoms with van der Waals surface area (Å²) in [4.78, 5) is 0. The molecule has 0 atom stereocenters. The van der Waals surface area contributed by atoms with Crippen LogP contribution in [0.5, 0.6) is 0 Å². The van der Waals surface area contributed by atoms with E-state index in [1.807, 2.05) is 0 Å². The third-order valence-electron chi connectivity index (χ3n) is 4.83. The molecular formula is C14H29N3. The van der Waals surface area contributed by atoms with Crippen molar-refractivity contribution in [3.05, 3.63) is 0 Å². The Kier molecular flexibility index (Phi) is 5.26. The second-order valence-electron chi connectivity index (χ2n) is 6.07. The quantitative estimate of drug-likeness (QED) is 0.698. The molecule has 0 unspecified atom stereocenters. The van der Waals surface area contributed by atoms with E-state index in [0.717, 1.165) is 37.0 Å². The summed E-state index contributed by atoms with van der Waals surface area (Å²) in [5.74, 6) is 1.59. The van der Waals surface area contributed by atoms with Crippen LogP contribution >= 0.6 is 0 Å². The average Bonchev–Trinajstić information content (AvgIpc) is 2.40. The van der Waals surface area contributed by atoms with Crippen molar-refractivity contribution in [3.63, 3.8) is 0 Å². The van der Waals surface area contributed by atoms with Crippen molar-refractivity contribution in [1.29, 1.82) is 0 Å². The van der Waals surface area contributed by atoms with Crippen LogP contribution in [0.25, 0.3) is 0 Å². The van der Waals surface area contributed by atoms with Gasteiger partial charge in [-0.25, -0.2) is 0 Å². The Labute approximate surface area is 106 Å². The zero-order chi connectivity index (χ0) is 12.1. The molecule has 0 amide bonds. The molecule has 2 aliphatic carbocycles. The van der Waals surface area contributed by atoms with Gasteiger partial charge >= 0.3 is 0 Å². The van der Waals surface area contributed by atoms with Gasteiger partial charge in [0.2, 0.25) is 0 Å². The molecule has 0 saturated heterocycles. The van der Waals surface area contributed by atoms with E-state index in [9.17, 15) is 0 Å². The molecule has 0 aromatic rings. The maximum absolute atomic E-state index is 5.73. The van der Waals surface area contributed by atoms with Crippen molar-refractivity contribution in [2.75, 3.05) is 13.1 Å². The Bertz CT molecular complexity index is 182. The van der Waals surface area contributed by atoms with Gasteiger partial charge in [-0.15, -0.1) is 0 Å². The summed E-state index contributed by atoms with van der Waals surface area (Å²) in [7, 11) is 0. The van der Waals surface area contributed by atoms with E-state index in [2.05, 4.69) is 5.32 Å². The predicted molar refractivity (Wildman–Crippen MR) is 72.7 cm³/mol. The van der Waals surface area contributed by atoms with Crippen LogP contribution in [0.15, 0.2) is 0 Å².